The molecule has 242 valence electrons. The number of hydrogen-bond acceptors (Lipinski definition) is 10. The summed E-state index contributed by atoms with van der Waals surface area (Å²) < 4.78 is 15.5. The zero-order valence-electron chi connectivity index (χ0n) is 25.1. The van der Waals surface area contributed by atoms with Gasteiger partial charge in [0.15, 0.2) is 0 Å². The average Bonchev–Trinajstić information content (AvgIpc) is 3.69. The molecule has 0 amide bonds. The molecule has 4 rings (SSSR count). The van der Waals surface area contributed by atoms with Crippen LogP contribution in [0.5, 0.6) is 0 Å². The van der Waals surface area contributed by atoms with Gasteiger partial charge in [-0.1, -0.05) is 0 Å². The molecular formula is C28H36Cl4N8O2S2Zn. The number of aryl methyl sites for hydroxylation is 2. The molecule has 0 saturated carbocycles. The fourth-order valence-corrected chi connectivity index (χ4v) is 5.07. The first-order valence-corrected chi connectivity index (χ1v) is 31.8. The molecule has 0 radical (unpaired) electrons. The summed E-state index contributed by atoms with van der Waals surface area (Å²) in [5.74, 6) is 0. The van der Waals surface area contributed by atoms with E-state index in [1.807, 2.05) is 71.7 Å². The van der Waals surface area contributed by atoms with Crippen molar-refractivity contribution in [1.82, 2.24) is 0 Å². The van der Waals surface area contributed by atoms with E-state index in [0.29, 0.717) is 26.4 Å². The number of thiazole rings is 2. The molecule has 17 heteroatoms. The Morgan fingerprint density at radius 3 is 1.36 bits per heavy atom. The maximum absolute atomic E-state index is 5.66. The molecule has 0 fully saturated rings. The van der Waals surface area contributed by atoms with Gasteiger partial charge in [-0.25, -0.2) is 9.13 Å². The number of ether oxygens (including phenoxy) is 2. The van der Waals surface area contributed by atoms with E-state index in [1.165, 1.54) is 0 Å². The van der Waals surface area contributed by atoms with Gasteiger partial charge in [-0.15, -0.1) is 0 Å². The number of azo groups is 2. The van der Waals surface area contributed by atoms with Crippen LogP contribution in [0.25, 0.3) is 0 Å². The Balaban J connectivity index is 0.00000102. The van der Waals surface area contributed by atoms with Crippen molar-refractivity contribution in [2.75, 3.05) is 50.2 Å². The molecule has 0 unspecified atom stereocenters. The van der Waals surface area contributed by atoms with Crippen LogP contribution in [0.2, 0.25) is 0 Å². The number of halogens is 4. The van der Waals surface area contributed by atoms with E-state index in [-0.39, 0.29) is 0 Å². The number of rotatable bonds is 17. The molecule has 2 heterocycles. The van der Waals surface area contributed by atoms with Crippen molar-refractivity contribution in [1.29, 1.82) is 0 Å². The molecule has 10 nitrogen and oxygen atoms in total. The van der Waals surface area contributed by atoms with Crippen LogP contribution in [0.4, 0.5) is 33.0 Å². The van der Waals surface area contributed by atoms with Gasteiger partial charge < -0.3 is 20.1 Å². The molecule has 2 N–H and O–H groups in total. The SMILES string of the molecule is CC[n+]1ccsc1N=Nc1ccc(NCCOCCOCCNc2ccc(N=Nc3scc[n+]3CC)cc2)cc1.[Cl][Zn-2]([Cl])([Cl])[Cl]. The normalized spacial score (nSPS) is 11.6. The molecule has 2 aromatic carbocycles. The minimum absolute atomic E-state index is 0.559. The van der Waals surface area contributed by atoms with Crippen molar-refractivity contribution in [2.24, 2.45) is 20.5 Å². The number of anilines is 2. The van der Waals surface area contributed by atoms with Crippen molar-refractivity contribution in [2.45, 2.75) is 26.9 Å². The van der Waals surface area contributed by atoms with Crippen LogP contribution < -0.4 is 19.8 Å². The van der Waals surface area contributed by atoms with Gasteiger partial charge in [-0.2, -0.15) is 0 Å². The Kier molecular flexibility index (Phi) is 17.7. The molecule has 0 saturated heterocycles. The van der Waals surface area contributed by atoms with Gasteiger partial charge in [0, 0.05) is 35.2 Å². The summed E-state index contributed by atoms with van der Waals surface area (Å²) in [7, 11) is 16.8. The number of hydrogen-bond donors (Lipinski definition) is 2. The van der Waals surface area contributed by atoms with E-state index >= 15 is 0 Å². The van der Waals surface area contributed by atoms with Gasteiger partial charge in [-0.05, 0) is 95.3 Å². The number of aromatic nitrogens is 2. The van der Waals surface area contributed by atoms with Gasteiger partial charge in [0.25, 0.3) is 0 Å². The number of nitrogens with one attached hydrogen (secondary N) is 2. The standard InChI is InChI=1S/C28H34N8O2S2.4ClH.Zn/c1-3-35-15-21-39-27(35)33-31-25-9-5-23(6-10-25)29-13-17-37-19-20-38-18-14-30-24-7-11-26(12-8-24)32-34-28-36(4-2)16-22-40-28;;;;;/h5-12,15-16,21-22H,3-4,13-14,17-20H2,1-2H3;4*1H;/q;;;;;+2/p-2. The van der Waals surface area contributed by atoms with E-state index in [2.05, 4.69) is 54.1 Å². The Morgan fingerprint density at radius 2 is 1.00 bits per heavy atom. The summed E-state index contributed by atoms with van der Waals surface area (Å²) in [5.41, 5.74) is 3.69. The predicted octanol–water partition coefficient (Wildman–Crippen LogP) is 9.57. The maximum atomic E-state index is 5.66. The summed E-state index contributed by atoms with van der Waals surface area (Å²) in [5, 5.41) is 29.8. The first-order chi connectivity index (χ1) is 21.7. The Labute approximate surface area is 291 Å². The Morgan fingerprint density at radius 1 is 0.622 bits per heavy atom. The Bertz CT molecular complexity index is 1340. The van der Waals surface area contributed by atoms with Crippen LogP contribution >= 0.6 is 61.4 Å². The van der Waals surface area contributed by atoms with E-state index in [1.54, 1.807) is 22.7 Å². The second-order valence-corrected chi connectivity index (χ2v) is 38.6. The zero-order valence-corrected chi connectivity index (χ0v) is 32.7. The van der Waals surface area contributed by atoms with Crippen LogP contribution in [0, 0.1) is 0 Å². The average molecular weight is 788 g/mol. The predicted molar refractivity (Wildman–Crippen MR) is 184 cm³/mol. The first kappa shape index (κ1) is 37.7. The molecule has 0 bridgehead atoms. The minimum atomic E-state index is -3.36. The molecule has 0 aliphatic rings. The van der Waals surface area contributed by atoms with Gasteiger partial charge in [0.05, 0.1) is 49.7 Å². The topological polar surface area (TPSA) is 99.7 Å². The molecular weight excluding hydrogens is 752 g/mol. The van der Waals surface area contributed by atoms with Crippen molar-refractivity contribution in [3.8, 4) is 0 Å². The Hall–Kier alpha value is -1.80. The van der Waals surface area contributed by atoms with Crippen LogP contribution in [0.3, 0.4) is 0 Å². The molecule has 0 atom stereocenters. The number of nitrogens with zero attached hydrogens (tertiary/aromatic N) is 6. The third-order valence-electron chi connectivity index (χ3n) is 5.76. The van der Waals surface area contributed by atoms with Gasteiger partial charge in [0.1, 0.15) is 23.8 Å². The summed E-state index contributed by atoms with van der Waals surface area (Å²) >= 11 is 3.16. The van der Waals surface area contributed by atoms with E-state index < -0.39 is 10.8 Å². The van der Waals surface area contributed by atoms with Crippen molar-refractivity contribution >= 4 is 94.5 Å². The van der Waals surface area contributed by atoms with Gasteiger partial charge >= 0.3 is 59.8 Å². The summed E-state index contributed by atoms with van der Waals surface area (Å²) in [4.78, 5) is 0. The van der Waals surface area contributed by atoms with E-state index in [9.17, 15) is 0 Å². The third kappa shape index (κ3) is 16.0. The summed E-state index contributed by atoms with van der Waals surface area (Å²) in [6, 6.07) is 15.8. The molecule has 2 aromatic heterocycles. The second-order valence-electron chi connectivity index (χ2n) is 9.12. The van der Waals surface area contributed by atoms with Crippen LogP contribution in [0.1, 0.15) is 13.8 Å². The van der Waals surface area contributed by atoms with Gasteiger partial charge in [-0.3, -0.25) is 0 Å². The van der Waals surface area contributed by atoms with Crippen LogP contribution in [-0.2, 0) is 33.4 Å². The van der Waals surface area contributed by atoms with E-state index in [0.717, 1.165) is 59.2 Å². The molecule has 0 aliphatic carbocycles. The quantitative estimate of drug-likeness (QED) is 0.0482. The monoisotopic (exact) mass is 784 g/mol. The van der Waals surface area contributed by atoms with Gasteiger partial charge in [0.2, 0.25) is 0 Å². The summed E-state index contributed by atoms with van der Waals surface area (Å²) in [6.07, 6.45) is 4.03. The van der Waals surface area contributed by atoms with Crippen molar-refractivity contribution in [3.05, 3.63) is 71.7 Å². The number of benzene rings is 2. The molecule has 0 aliphatic heterocycles. The van der Waals surface area contributed by atoms with Crippen molar-refractivity contribution < 1.29 is 29.4 Å². The first-order valence-electron chi connectivity index (χ1n) is 14.4. The summed E-state index contributed by atoms with van der Waals surface area (Å²) in [6.45, 7) is 9.70. The molecule has 0 spiro atoms. The second kappa shape index (κ2) is 21.2. The molecule has 4 aromatic rings. The van der Waals surface area contributed by atoms with Crippen LogP contribution in [0.15, 0.2) is 92.1 Å². The fraction of sp³-hybridized carbons (Fsp3) is 0.357. The third-order valence-corrected chi connectivity index (χ3v) is 7.33. The van der Waals surface area contributed by atoms with E-state index in [4.69, 9.17) is 48.2 Å². The van der Waals surface area contributed by atoms with Crippen LogP contribution in [-0.4, -0.2) is 39.5 Å². The van der Waals surface area contributed by atoms with Crippen molar-refractivity contribution in [3.63, 3.8) is 0 Å². The molecule has 45 heavy (non-hydrogen) atoms. The zero-order chi connectivity index (χ0) is 32.3. The fourth-order valence-electron chi connectivity index (χ4n) is 3.59.